The van der Waals surface area contributed by atoms with Crippen LogP contribution in [-0.2, 0) is 6.42 Å². The van der Waals surface area contributed by atoms with Crippen LogP contribution in [0, 0.1) is 0 Å². The molecule has 0 N–H and O–H groups in total. The van der Waals surface area contributed by atoms with Gasteiger partial charge in [-0.2, -0.15) is 0 Å². The van der Waals surface area contributed by atoms with Gasteiger partial charge in [-0.25, -0.2) is 0 Å². The zero-order chi connectivity index (χ0) is 10.6. The molecule has 0 aliphatic heterocycles. The first-order chi connectivity index (χ1) is 6.67. The molecule has 0 heterocycles. The van der Waals surface area contributed by atoms with Crippen LogP contribution < -0.4 is 9.47 Å². The molecule has 1 atom stereocenters. The number of ether oxygens (including phenoxy) is 2. The second kappa shape index (κ2) is 5.11. The van der Waals surface area contributed by atoms with Crippen LogP contribution in [0.1, 0.15) is 12.5 Å². The smallest absolute Gasteiger partial charge is 0.160 e. The van der Waals surface area contributed by atoms with E-state index in [9.17, 15) is 0 Å². The van der Waals surface area contributed by atoms with Gasteiger partial charge in [-0.15, -0.1) is 11.6 Å². The number of halogens is 1. The third kappa shape index (κ3) is 2.81. The molecular formula is C11H15ClO2. The van der Waals surface area contributed by atoms with Crippen molar-refractivity contribution in [2.75, 3.05) is 14.2 Å². The van der Waals surface area contributed by atoms with Gasteiger partial charge >= 0.3 is 0 Å². The van der Waals surface area contributed by atoms with Gasteiger partial charge < -0.3 is 9.47 Å². The molecule has 0 aliphatic rings. The van der Waals surface area contributed by atoms with Crippen LogP contribution in [0.3, 0.4) is 0 Å². The van der Waals surface area contributed by atoms with Gasteiger partial charge in [-0.05, 0) is 31.0 Å². The molecule has 0 spiro atoms. The Bertz CT molecular complexity index is 297. The van der Waals surface area contributed by atoms with Crippen molar-refractivity contribution in [2.24, 2.45) is 0 Å². The minimum atomic E-state index is 0.133. The minimum Gasteiger partial charge on any atom is -0.493 e. The summed E-state index contributed by atoms with van der Waals surface area (Å²) in [5.41, 5.74) is 1.16. The van der Waals surface area contributed by atoms with E-state index in [0.717, 1.165) is 23.5 Å². The lowest BCUT2D eigenvalue weighted by Crippen LogP contribution is -1.98. The van der Waals surface area contributed by atoms with Crippen LogP contribution >= 0.6 is 11.6 Å². The highest BCUT2D eigenvalue weighted by Gasteiger charge is 2.05. The summed E-state index contributed by atoms with van der Waals surface area (Å²) < 4.78 is 10.3. The Morgan fingerprint density at radius 3 is 2.36 bits per heavy atom. The van der Waals surface area contributed by atoms with Gasteiger partial charge in [0.25, 0.3) is 0 Å². The fourth-order valence-electron chi connectivity index (χ4n) is 1.33. The highest BCUT2D eigenvalue weighted by molar-refractivity contribution is 6.20. The number of hydrogen-bond donors (Lipinski definition) is 0. The number of methoxy groups -OCH3 is 2. The Balaban J connectivity index is 2.89. The van der Waals surface area contributed by atoms with Gasteiger partial charge in [0.1, 0.15) is 0 Å². The summed E-state index contributed by atoms with van der Waals surface area (Å²) in [6.45, 7) is 1.97. The lowest BCUT2D eigenvalue weighted by Gasteiger charge is -2.10. The maximum atomic E-state index is 5.91. The van der Waals surface area contributed by atoms with Gasteiger partial charge in [0.05, 0.1) is 14.2 Å². The summed E-state index contributed by atoms with van der Waals surface area (Å²) in [4.78, 5) is 0. The molecule has 1 rings (SSSR count). The van der Waals surface area contributed by atoms with Crippen molar-refractivity contribution in [3.8, 4) is 11.5 Å². The number of benzene rings is 1. The third-order valence-electron chi connectivity index (χ3n) is 1.96. The Morgan fingerprint density at radius 2 is 1.86 bits per heavy atom. The van der Waals surface area contributed by atoms with E-state index in [-0.39, 0.29) is 5.38 Å². The molecule has 1 unspecified atom stereocenters. The normalized spacial score (nSPS) is 12.3. The molecular weight excluding hydrogens is 200 g/mol. The lowest BCUT2D eigenvalue weighted by molar-refractivity contribution is 0.354. The molecule has 0 saturated carbocycles. The van der Waals surface area contributed by atoms with Crippen LogP contribution in [0.15, 0.2) is 18.2 Å². The molecule has 0 fully saturated rings. The number of alkyl halides is 1. The van der Waals surface area contributed by atoms with E-state index >= 15 is 0 Å². The van der Waals surface area contributed by atoms with E-state index in [2.05, 4.69) is 0 Å². The molecule has 0 amide bonds. The van der Waals surface area contributed by atoms with Crippen molar-refractivity contribution in [2.45, 2.75) is 18.7 Å². The second-order valence-corrected chi connectivity index (χ2v) is 3.92. The summed E-state index contributed by atoms with van der Waals surface area (Å²) in [6.07, 6.45) is 0.835. The third-order valence-corrected chi connectivity index (χ3v) is 2.12. The number of rotatable bonds is 4. The highest BCUT2D eigenvalue weighted by atomic mass is 35.5. The van der Waals surface area contributed by atoms with Gasteiger partial charge in [0.15, 0.2) is 11.5 Å². The van der Waals surface area contributed by atoms with Crippen molar-refractivity contribution in [1.29, 1.82) is 0 Å². The van der Waals surface area contributed by atoms with E-state index in [1.54, 1.807) is 14.2 Å². The lowest BCUT2D eigenvalue weighted by atomic mass is 10.1. The standard InChI is InChI=1S/C11H15ClO2/c1-8(12)6-9-4-5-10(13-2)11(7-9)14-3/h4-5,7-8H,6H2,1-3H3. The van der Waals surface area contributed by atoms with Crippen LogP contribution in [0.4, 0.5) is 0 Å². The minimum absolute atomic E-state index is 0.133. The summed E-state index contributed by atoms with van der Waals surface area (Å²) >= 11 is 5.91. The van der Waals surface area contributed by atoms with Crippen molar-refractivity contribution >= 4 is 11.6 Å². The van der Waals surface area contributed by atoms with Gasteiger partial charge in [0.2, 0.25) is 0 Å². The van der Waals surface area contributed by atoms with Crippen molar-refractivity contribution in [3.63, 3.8) is 0 Å². The summed E-state index contributed by atoms with van der Waals surface area (Å²) in [7, 11) is 3.26. The summed E-state index contributed by atoms with van der Waals surface area (Å²) in [6, 6.07) is 5.85. The Kier molecular flexibility index (Phi) is 4.08. The molecule has 2 nitrogen and oxygen atoms in total. The zero-order valence-corrected chi connectivity index (χ0v) is 9.47. The van der Waals surface area contributed by atoms with E-state index < -0.39 is 0 Å². The molecule has 0 saturated heterocycles. The zero-order valence-electron chi connectivity index (χ0n) is 8.71. The average Bonchev–Trinajstić information content (AvgIpc) is 2.16. The molecule has 0 aromatic heterocycles. The van der Waals surface area contributed by atoms with Gasteiger partial charge in [-0.1, -0.05) is 6.07 Å². The topological polar surface area (TPSA) is 18.5 Å². The van der Waals surface area contributed by atoms with Crippen LogP contribution in [0.2, 0.25) is 0 Å². The SMILES string of the molecule is COc1ccc(CC(C)Cl)cc1OC. The van der Waals surface area contributed by atoms with Crippen molar-refractivity contribution in [1.82, 2.24) is 0 Å². The van der Waals surface area contributed by atoms with Crippen molar-refractivity contribution in [3.05, 3.63) is 23.8 Å². The van der Waals surface area contributed by atoms with E-state index in [1.165, 1.54) is 0 Å². The number of hydrogen-bond acceptors (Lipinski definition) is 2. The van der Waals surface area contributed by atoms with E-state index in [0.29, 0.717) is 0 Å². The van der Waals surface area contributed by atoms with Gasteiger partial charge in [0, 0.05) is 5.38 Å². The van der Waals surface area contributed by atoms with Crippen LogP contribution in [0.5, 0.6) is 11.5 Å². The van der Waals surface area contributed by atoms with Crippen LogP contribution in [0.25, 0.3) is 0 Å². The molecule has 0 bridgehead atoms. The molecule has 3 heteroatoms. The average molecular weight is 215 g/mol. The molecule has 1 aromatic carbocycles. The van der Waals surface area contributed by atoms with Crippen LogP contribution in [-0.4, -0.2) is 19.6 Å². The van der Waals surface area contributed by atoms with Gasteiger partial charge in [-0.3, -0.25) is 0 Å². The summed E-state index contributed by atoms with van der Waals surface area (Å²) in [5, 5.41) is 0.133. The molecule has 14 heavy (non-hydrogen) atoms. The predicted octanol–water partition coefficient (Wildman–Crippen LogP) is 2.87. The Labute approximate surface area is 89.8 Å². The monoisotopic (exact) mass is 214 g/mol. The first-order valence-corrected chi connectivity index (χ1v) is 4.96. The molecule has 0 radical (unpaired) electrons. The molecule has 1 aromatic rings. The highest BCUT2D eigenvalue weighted by Crippen LogP contribution is 2.28. The predicted molar refractivity (Wildman–Crippen MR) is 58.6 cm³/mol. The first-order valence-electron chi connectivity index (χ1n) is 4.52. The quantitative estimate of drug-likeness (QED) is 0.718. The Hall–Kier alpha value is -0.890. The first kappa shape index (κ1) is 11.2. The molecule has 78 valence electrons. The second-order valence-electron chi connectivity index (χ2n) is 3.17. The Morgan fingerprint density at radius 1 is 1.21 bits per heavy atom. The fourth-order valence-corrected chi connectivity index (χ4v) is 1.51. The van der Waals surface area contributed by atoms with Crippen molar-refractivity contribution < 1.29 is 9.47 Å². The maximum absolute atomic E-state index is 5.91. The fraction of sp³-hybridized carbons (Fsp3) is 0.455. The van der Waals surface area contributed by atoms with E-state index in [4.69, 9.17) is 21.1 Å². The maximum Gasteiger partial charge on any atom is 0.160 e. The summed E-state index contributed by atoms with van der Waals surface area (Å²) in [5.74, 6) is 1.50. The largest absolute Gasteiger partial charge is 0.493 e. The van der Waals surface area contributed by atoms with E-state index in [1.807, 2.05) is 25.1 Å². The molecule has 0 aliphatic carbocycles.